The van der Waals surface area contributed by atoms with E-state index in [1.54, 1.807) is 12.1 Å². The van der Waals surface area contributed by atoms with Gasteiger partial charge in [-0.05, 0) is 49.9 Å². The van der Waals surface area contributed by atoms with E-state index in [1.807, 2.05) is 0 Å². The van der Waals surface area contributed by atoms with Gasteiger partial charge < -0.3 is 20.3 Å². The summed E-state index contributed by atoms with van der Waals surface area (Å²) in [5.41, 5.74) is 0.648. The SMILES string of the molecule is O=C(CN1C(=O)N(Cc2ccc(F)cc2)C(=O)C2NCCCC21)NCC1CCCO1. The maximum Gasteiger partial charge on any atom is 0.327 e. The van der Waals surface area contributed by atoms with Crippen LogP contribution < -0.4 is 10.6 Å². The molecule has 3 saturated heterocycles. The molecule has 162 valence electrons. The summed E-state index contributed by atoms with van der Waals surface area (Å²) in [5, 5.41) is 6.05. The van der Waals surface area contributed by atoms with Gasteiger partial charge in [-0.1, -0.05) is 12.1 Å². The molecule has 3 aliphatic heterocycles. The van der Waals surface area contributed by atoms with Crippen molar-refractivity contribution in [3.05, 3.63) is 35.6 Å². The Morgan fingerprint density at radius 1 is 1.20 bits per heavy atom. The summed E-state index contributed by atoms with van der Waals surface area (Å²) in [6.07, 6.45) is 3.41. The highest BCUT2D eigenvalue weighted by atomic mass is 19.1. The number of nitrogens with one attached hydrogen (secondary N) is 2. The van der Waals surface area contributed by atoms with E-state index in [0.717, 1.165) is 24.2 Å². The smallest absolute Gasteiger partial charge is 0.327 e. The number of hydrogen-bond acceptors (Lipinski definition) is 5. The van der Waals surface area contributed by atoms with Crippen molar-refractivity contribution in [3.63, 3.8) is 0 Å². The molecule has 0 bridgehead atoms. The Bertz CT molecular complexity index is 797. The van der Waals surface area contributed by atoms with Gasteiger partial charge >= 0.3 is 6.03 Å². The monoisotopic (exact) mass is 418 g/mol. The first-order valence-electron chi connectivity index (χ1n) is 10.5. The molecule has 0 aromatic heterocycles. The fraction of sp³-hybridized carbons (Fsp3) is 0.571. The molecule has 0 radical (unpaired) electrons. The van der Waals surface area contributed by atoms with Gasteiger partial charge in [0.25, 0.3) is 0 Å². The standard InChI is InChI=1S/C21H27FN4O4/c22-15-7-5-14(6-8-15)12-26-20(28)19-17(4-1-9-23-19)25(21(26)29)13-18(27)24-11-16-3-2-10-30-16/h5-8,16-17,19,23H,1-4,9-13H2,(H,24,27). The minimum Gasteiger partial charge on any atom is -0.376 e. The normalized spacial score (nSPS) is 26.6. The van der Waals surface area contributed by atoms with Gasteiger partial charge in [0.15, 0.2) is 0 Å². The molecule has 1 aromatic rings. The molecular formula is C21H27FN4O4. The van der Waals surface area contributed by atoms with Crippen molar-refractivity contribution in [1.82, 2.24) is 20.4 Å². The molecular weight excluding hydrogens is 391 g/mol. The molecule has 3 aliphatic rings. The highest BCUT2D eigenvalue weighted by Gasteiger charge is 2.47. The fourth-order valence-electron chi connectivity index (χ4n) is 4.36. The predicted octanol–water partition coefficient (Wildman–Crippen LogP) is 1.01. The summed E-state index contributed by atoms with van der Waals surface area (Å²) < 4.78 is 18.7. The van der Waals surface area contributed by atoms with Crippen LogP contribution >= 0.6 is 0 Å². The van der Waals surface area contributed by atoms with Gasteiger partial charge in [-0.15, -0.1) is 0 Å². The third kappa shape index (κ3) is 4.46. The van der Waals surface area contributed by atoms with Crippen LogP contribution in [0, 0.1) is 5.82 Å². The van der Waals surface area contributed by atoms with Crippen LogP contribution in [0.15, 0.2) is 24.3 Å². The highest BCUT2D eigenvalue weighted by molar-refractivity contribution is 6.01. The van der Waals surface area contributed by atoms with Crippen LogP contribution in [-0.2, 0) is 20.9 Å². The van der Waals surface area contributed by atoms with E-state index in [4.69, 9.17) is 4.74 Å². The van der Waals surface area contributed by atoms with E-state index in [2.05, 4.69) is 10.6 Å². The van der Waals surface area contributed by atoms with Gasteiger partial charge in [-0.25, -0.2) is 9.18 Å². The van der Waals surface area contributed by atoms with Gasteiger partial charge in [-0.2, -0.15) is 0 Å². The number of carbonyl (C=O) groups is 3. The van der Waals surface area contributed by atoms with Crippen LogP contribution in [0.25, 0.3) is 0 Å². The van der Waals surface area contributed by atoms with Gasteiger partial charge in [0.1, 0.15) is 18.4 Å². The van der Waals surface area contributed by atoms with E-state index >= 15 is 0 Å². The summed E-state index contributed by atoms with van der Waals surface area (Å²) in [7, 11) is 0. The molecule has 0 spiro atoms. The second kappa shape index (κ2) is 9.09. The highest BCUT2D eigenvalue weighted by Crippen LogP contribution is 2.26. The molecule has 0 saturated carbocycles. The van der Waals surface area contributed by atoms with E-state index in [1.165, 1.54) is 17.0 Å². The summed E-state index contributed by atoms with van der Waals surface area (Å²) in [6.45, 7) is 1.75. The first-order chi connectivity index (χ1) is 14.5. The van der Waals surface area contributed by atoms with Crippen molar-refractivity contribution in [3.8, 4) is 0 Å². The maximum atomic E-state index is 13.2. The molecule has 1 aromatic carbocycles. The van der Waals surface area contributed by atoms with Crippen molar-refractivity contribution in [1.29, 1.82) is 0 Å². The van der Waals surface area contributed by atoms with Crippen LogP contribution in [0.4, 0.5) is 9.18 Å². The molecule has 3 heterocycles. The van der Waals surface area contributed by atoms with Gasteiger partial charge in [0.05, 0.1) is 18.7 Å². The van der Waals surface area contributed by atoms with Crippen LogP contribution in [0.2, 0.25) is 0 Å². The Balaban J connectivity index is 1.47. The van der Waals surface area contributed by atoms with Gasteiger partial charge in [-0.3, -0.25) is 14.5 Å². The Morgan fingerprint density at radius 3 is 2.73 bits per heavy atom. The summed E-state index contributed by atoms with van der Waals surface area (Å²) >= 11 is 0. The zero-order chi connectivity index (χ0) is 21.1. The molecule has 8 nitrogen and oxygen atoms in total. The quantitative estimate of drug-likeness (QED) is 0.720. The molecule has 4 rings (SSSR count). The molecule has 0 aliphatic carbocycles. The number of hydrogen-bond donors (Lipinski definition) is 2. The Hall–Kier alpha value is -2.52. The fourth-order valence-corrected chi connectivity index (χ4v) is 4.36. The van der Waals surface area contributed by atoms with Crippen molar-refractivity contribution >= 4 is 17.8 Å². The van der Waals surface area contributed by atoms with E-state index in [0.29, 0.717) is 31.7 Å². The Morgan fingerprint density at radius 2 is 2.00 bits per heavy atom. The number of rotatable bonds is 6. The lowest BCUT2D eigenvalue weighted by Crippen LogP contribution is -2.70. The van der Waals surface area contributed by atoms with Gasteiger partial charge in [0.2, 0.25) is 11.8 Å². The van der Waals surface area contributed by atoms with E-state index < -0.39 is 12.1 Å². The number of imide groups is 1. The number of amides is 4. The minimum atomic E-state index is -0.539. The second-order valence-corrected chi connectivity index (χ2v) is 8.04. The first kappa shape index (κ1) is 20.7. The Labute approximate surface area is 174 Å². The minimum absolute atomic E-state index is 0.0201. The average molecular weight is 418 g/mol. The largest absolute Gasteiger partial charge is 0.376 e. The van der Waals surface area contributed by atoms with Crippen LogP contribution in [0.5, 0.6) is 0 Å². The number of carbonyl (C=O) groups excluding carboxylic acids is 3. The third-order valence-electron chi connectivity index (χ3n) is 5.95. The lowest BCUT2D eigenvalue weighted by atomic mass is 9.93. The predicted molar refractivity (Wildman–Crippen MR) is 106 cm³/mol. The molecule has 2 N–H and O–H groups in total. The van der Waals surface area contributed by atoms with Crippen LogP contribution in [0.1, 0.15) is 31.2 Å². The van der Waals surface area contributed by atoms with Crippen LogP contribution in [0.3, 0.4) is 0 Å². The molecule has 30 heavy (non-hydrogen) atoms. The number of nitrogens with zero attached hydrogens (tertiary/aromatic N) is 2. The number of halogens is 1. The summed E-state index contributed by atoms with van der Waals surface area (Å²) in [6, 6.07) is 4.32. The zero-order valence-electron chi connectivity index (χ0n) is 16.8. The molecule has 9 heteroatoms. The first-order valence-corrected chi connectivity index (χ1v) is 10.5. The van der Waals surface area contributed by atoms with Gasteiger partial charge in [0, 0.05) is 13.2 Å². The van der Waals surface area contributed by atoms with E-state index in [9.17, 15) is 18.8 Å². The van der Waals surface area contributed by atoms with E-state index in [-0.39, 0.29) is 42.9 Å². The molecule has 3 fully saturated rings. The van der Waals surface area contributed by atoms with Crippen molar-refractivity contribution < 1.29 is 23.5 Å². The lowest BCUT2D eigenvalue weighted by molar-refractivity contribution is -0.139. The Kier molecular flexibility index (Phi) is 6.29. The van der Waals surface area contributed by atoms with Crippen LogP contribution in [-0.4, -0.2) is 72.1 Å². The summed E-state index contributed by atoms with van der Waals surface area (Å²) in [5.74, 6) is -0.946. The number of benzene rings is 1. The van der Waals surface area contributed by atoms with Crippen molar-refractivity contribution in [2.24, 2.45) is 0 Å². The lowest BCUT2D eigenvalue weighted by Gasteiger charge is -2.46. The van der Waals surface area contributed by atoms with Crippen molar-refractivity contribution in [2.75, 3.05) is 26.2 Å². The number of urea groups is 1. The molecule has 3 atom stereocenters. The van der Waals surface area contributed by atoms with Crippen molar-refractivity contribution in [2.45, 2.75) is 50.4 Å². The zero-order valence-corrected chi connectivity index (χ0v) is 16.8. The average Bonchev–Trinajstić information content (AvgIpc) is 3.28. The maximum absolute atomic E-state index is 13.2. The summed E-state index contributed by atoms with van der Waals surface area (Å²) in [4.78, 5) is 41.4. The molecule has 3 unspecified atom stereocenters. The molecule has 4 amide bonds. The third-order valence-corrected chi connectivity index (χ3v) is 5.95. The second-order valence-electron chi connectivity index (χ2n) is 8.04. The number of piperidine rings is 1. The number of fused-ring (bicyclic) bond motifs is 1. The number of ether oxygens (including phenoxy) is 1. The topological polar surface area (TPSA) is 91.0 Å².